The van der Waals surface area contributed by atoms with E-state index >= 15 is 0 Å². The number of ether oxygens (including phenoxy) is 1. The molecular weight excluding hydrogens is 314 g/mol. The van der Waals surface area contributed by atoms with Gasteiger partial charge in [0.15, 0.2) is 16.4 Å². The molecule has 0 bridgehead atoms. The Balaban J connectivity index is 2.01. The van der Waals surface area contributed by atoms with Crippen molar-refractivity contribution in [1.29, 1.82) is 0 Å². The molecular formula is C17H25NO4S. The number of aryl methyl sites for hydroxylation is 1. The molecule has 1 aromatic rings. The van der Waals surface area contributed by atoms with E-state index in [0.29, 0.717) is 12.3 Å². The summed E-state index contributed by atoms with van der Waals surface area (Å²) >= 11 is 0. The third-order valence-corrected chi connectivity index (χ3v) is 6.04. The van der Waals surface area contributed by atoms with Gasteiger partial charge in [0, 0.05) is 13.1 Å². The highest BCUT2D eigenvalue weighted by atomic mass is 32.2. The Morgan fingerprint density at radius 3 is 2.65 bits per heavy atom. The molecule has 1 aliphatic heterocycles. The number of carbonyl (C=O) groups is 1. The van der Waals surface area contributed by atoms with Gasteiger partial charge in [0.05, 0.1) is 11.5 Å². The molecule has 1 saturated heterocycles. The Morgan fingerprint density at radius 1 is 1.39 bits per heavy atom. The normalized spacial score (nSPS) is 19.8. The summed E-state index contributed by atoms with van der Waals surface area (Å²) in [6, 6.07) is 5.74. The number of hydrogen-bond donors (Lipinski definition) is 0. The Morgan fingerprint density at radius 2 is 2.09 bits per heavy atom. The highest BCUT2D eigenvalue weighted by molar-refractivity contribution is 7.91. The standard InChI is InChI=1S/C17H25NO4S/c1-12(2)15-6-5-13(3)9-16(15)22-10-17(19)18(4)14-7-8-23(20,21)11-14/h5-6,9,12,14H,7-8,10-11H2,1-4H3. The largest absolute Gasteiger partial charge is 0.483 e. The van der Waals surface area contributed by atoms with Crippen molar-refractivity contribution in [2.24, 2.45) is 0 Å². The van der Waals surface area contributed by atoms with Gasteiger partial charge in [-0.2, -0.15) is 0 Å². The zero-order valence-electron chi connectivity index (χ0n) is 14.2. The van der Waals surface area contributed by atoms with Crippen LogP contribution in [0.4, 0.5) is 0 Å². The van der Waals surface area contributed by atoms with E-state index < -0.39 is 9.84 Å². The molecule has 0 saturated carbocycles. The first kappa shape index (κ1) is 17.8. The fourth-order valence-electron chi connectivity index (χ4n) is 2.77. The summed E-state index contributed by atoms with van der Waals surface area (Å²) in [6.45, 7) is 6.06. The highest BCUT2D eigenvalue weighted by Crippen LogP contribution is 2.27. The van der Waals surface area contributed by atoms with Crippen LogP contribution in [0, 0.1) is 6.92 Å². The van der Waals surface area contributed by atoms with E-state index in [-0.39, 0.29) is 30.1 Å². The van der Waals surface area contributed by atoms with Crippen molar-refractivity contribution in [3.63, 3.8) is 0 Å². The van der Waals surface area contributed by atoms with Crippen molar-refractivity contribution >= 4 is 15.7 Å². The second-order valence-corrected chi connectivity index (χ2v) is 8.77. The molecule has 6 heteroatoms. The van der Waals surface area contributed by atoms with Crippen molar-refractivity contribution in [2.75, 3.05) is 25.2 Å². The van der Waals surface area contributed by atoms with Crippen LogP contribution in [0.3, 0.4) is 0 Å². The minimum absolute atomic E-state index is 0.0525. The summed E-state index contributed by atoms with van der Waals surface area (Å²) < 4.78 is 28.8. The van der Waals surface area contributed by atoms with Crippen molar-refractivity contribution in [3.8, 4) is 5.75 Å². The van der Waals surface area contributed by atoms with E-state index in [2.05, 4.69) is 13.8 Å². The second kappa shape index (κ2) is 6.91. The van der Waals surface area contributed by atoms with Gasteiger partial charge in [-0.25, -0.2) is 8.42 Å². The Bertz CT molecular complexity index is 682. The van der Waals surface area contributed by atoms with Crippen LogP contribution in [0.15, 0.2) is 18.2 Å². The van der Waals surface area contributed by atoms with E-state index in [1.54, 1.807) is 7.05 Å². The lowest BCUT2D eigenvalue weighted by Gasteiger charge is -2.24. The maximum Gasteiger partial charge on any atom is 0.260 e. The molecule has 1 aromatic carbocycles. The molecule has 1 unspecified atom stereocenters. The van der Waals surface area contributed by atoms with Crippen molar-refractivity contribution in [1.82, 2.24) is 4.90 Å². The monoisotopic (exact) mass is 339 g/mol. The van der Waals surface area contributed by atoms with Gasteiger partial charge < -0.3 is 9.64 Å². The number of nitrogens with zero attached hydrogens (tertiary/aromatic N) is 1. The van der Waals surface area contributed by atoms with Gasteiger partial charge in [0.2, 0.25) is 0 Å². The summed E-state index contributed by atoms with van der Waals surface area (Å²) in [5.74, 6) is 1.05. The van der Waals surface area contributed by atoms with Crippen LogP contribution in [0.2, 0.25) is 0 Å². The summed E-state index contributed by atoms with van der Waals surface area (Å²) in [5, 5.41) is 0. The van der Waals surface area contributed by atoms with Gasteiger partial charge in [-0.05, 0) is 36.5 Å². The first-order valence-electron chi connectivity index (χ1n) is 7.89. The third-order valence-electron chi connectivity index (χ3n) is 4.29. The van der Waals surface area contributed by atoms with E-state index in [4.69, 9.17) is 4.74 Å². The Hall–Kier alpha value is -1.56. The number of sulfone groups is 1. The molecule has 0 N–H and O–H groups in total. The quantitative estimate of drug-likeness (QED) is 0.824. The molecule has 128 valence electrons. The van der Waals surface area contributed by atoms with Gasteiger partial charge >= 0.3 is 0 Å². The van der Waals surface area contributed by atoms with E-state index in [1.807, 2.05) is 25.1 Å². The number of likely N-dealkylation sites (N-methyl/N-ethyl adjacent to an activating group) is 1. The molecule has 2 rings (SSSR count). The average Bonchev–Trinajstić information content (AvgIpc) is 2.83. The summed E-state index contributed by atoms with van der Waals surface area (Å²) in [5.41, 5.74) is 2.14. The van der Waals surface area contributed by atoms with Crippen molar-refractivity contribution < 1.29 is 17.9 Å². The molecule has 0 aliphatic carbocycles. The minimum Gasteiger partial charge on any atom is -0.483 e. The van der Waals surface area contributed by atoms with Gasteiger partial charge in [-0.15, -0.1) is 0 Å². The van der Waals surface area contributed by atoms with Crippen LogP contribution in [0.25, 0.3) is 0 Å². The molecule has 5 nitrogen and oxygen atoms in total. The number of amides is 1. The van der Waals surface area contributed by atoms with Crippen LogP contribution in [-0.2, 0) is 14.6 Å². The van der Waals surface area contributed by atoms with Crippen molar-refractivity contribution in [3.05, 3.63) is 29.3 Å². The SMILES string of the molecule is Cc1ccc(C(C)C)c(OCC(=O)N(C)C2CCS(=O)(=O)C2)c1. The summed E-state index contributed by atoms with van der Waals surface area (Å²) in [6.07, 6.45) is 0.506. The van der Waals surface area contributed by atoms with E-state index in [9.17, 15) is 13.2 Å². The zero-order chi connectivity index (χ0) is 17.2. The van der Waals surface area contributed by atoms with Crippen molar-refractivity contribution in [2.45, 2.75) is 39.2 Å². The molecule has 0 radical (unpaired) electrons. The van der Waals surface area contributed by atoms with Crippen LogP contribution in [-0.4, -0.2) is 50.4 Å². The highest BCUT2D eigenvalue weighted by Gasteiger charge is 2.32. The van der Waals surface area contributed by atoms with Crippen LogP contribution >= 0.6 is 0 Å². The molecule has 1 amide bonds. The predicted octanol–water partition coefficient (Wildman–Crippen LogP) is 2.14. The molecule has 0 aromatic heterocycles. The minimum atomic E-state index is -3.00. The lowest BCUT2D eigenvalue weighted by molar-refractivity contribution is -0.133. The molecule has 1 heterocycles. The first-order chi connectivity index (χ1) is 10.7. The maximum atomic E-state index is 12.3. The first-order valence-corrected chi connectivity index (χ1v) is 9.71. The van der Waals surface area contributed by atoms with E-state index in [0.717, 1.165) is 16.9 Å². The van der Waals surface area contributed by atoms with Gasteiger partial charge in [0.1, 0.15) is 5.75 Å². The molecule has 23 heavy (non-hydrogen) atoms. The zero-order valence-corrected chi connectivity index (χ0v) is 15.0. The lowest BCUT2D eigenvalue weighted by atomic mass is 10.0. The molecule has 0 spiro atoms. The smallest absolute Gasteiger partial charge is 0.260 e. The fourth-order valence-corrected chi connectivity index (χ4v) is 4.54. The molecule has 1 atom stereocenters. The fraction of sp³-hybridized carbons (Fsp3) is 0.588. The Labute approximate surface area is 138 Å². The summed E-state index contributed by atoms with van der Waals surface area (Å²) in [4.78, 5) is 13.8. The maximum absolute atomic E-state index is 12.3. The Kier molecular flexibility index (Phi) is 5.34. The van der Waals surface area contributed by atoms with Gasteiger partial charge in [0.25, 0.3) is 5.91 Å². The van der Waals surface area contributed by atoms with Crippen LogP contribution < -0.4 is 4.74 Å². The topological polar surface area (TPSA) is 63.7 Å². The molecule has 1 aliphatic rings. The van der Waals surface area contributed by atoms with Crippen LogP contribution in [0.1, 0.15) is 37.3 Å². The average molecular weight is 339 g/mol. The number of hydrogen-bond acceptors (Lipinski definition) is 4. The van der Waals surface area contributed by atoms with Gasteiger partial charge in [-0.3, -0.25) is 4.79 Å². The number of carbonyl (C=O) groups excluding carboxylic acids is 1. The second-order valence-electron chi connectivity index (χ2n) is 6.55. The lowest BCUT2D eigenvalue weighted by Crippen LogP contribution is -2.40. The number of benzene rings is 1. The molecule has 1 fully saturated rings. The third kappa shape index (κ3) is 4.47. The summed E-state index contributed by atoms with van der Waals surface area (Å²) in [7, 11) is -1.35. The predicted molar refractivity (Wildman–Crippen MR) is 90.6 cm³/mol. The van der Waals surface area contributed by atoms with E-state index in [1.165, 1.54) is 4.90 Å². The van der Waals surface area contributed by atoms with Gasteiger partial charge in [-0.1, -0.05) is 26.0 Å². The van der Waals surface area contributed by atoms with Crippen LogP contribution in [0.5, 0.6) is 5.75 Å². The number of rotatable bonds is 5.